The molecule has 0 radical (unpaired) electrons. The summed E-state index contributed by atoms with van der Waals surface area (Å²) in [4.78, 5) is 11.4. The van der Waals surface area contributed by atoms with Gasteiger partial charge in [0.25, 0.3) is 5.91 Å². The number of nitrogen functional groups attached to an aromatic ring is 1. The Hall–Kier alpha value is -2.50. The molecule has 0 saturated heterocycles. The third kappa shape index (κ3) is 2.12. The Labute approximate surface area is 122 Å². The van der Waals surface area contributed by atoms with Crippen LogP contribution >= 0.6 is 0 Å². The Morgan fingerprint density at radius 3 is 2.86 bits per heavy atom. The summed E-state index contributed by atoms with van der Waals surface area (Å²) < 4.78 is 7.19. The van der Waals surface area contributed by atoms with E-state index in [-0.39, 0.29) is 12.5 Å². The molecule has 21 heavy (non-hydrogen) atoms. The molecule has 0 atom stereocenters. The van der Waals surface area contributed by atoms with E-state index in [1.165, 1.54) is 5.56 Å². The van der Waals surface area contributed by atoms with Crippen molar-refractivity contribution in [3.8, 4) is 11.4 Å². The van der Waals surface area contributed by atoms with Crippen LogP contribution in [0.2, 0.25) is 0 Å². The summed E-state index contributed by atoms with van der Waals surface area (Å²) in [6, 6.07) is 3.53. The fraction of sp³-hybridized carbons (Fsp3) is 0.333. The SMILES string of the molecule is CCc1c(C)nn(-c2cc3c(cc2N)OCC(=O)N3)c1C. The van der Waals surface area contributed by atoms with Gasteiger partial charge in [0.2, 0.25) is 0 Å². The first-order chi connectivity index (χ1) is 10.0. The number of nitrogens with two attached hydrogens (primary N) is 1. The summed E-state index contributed by atoms with van der Waals surface area (Å²) >= 11 is 0. The van der Waals surface area contributed by atoms with Gasteiger partial charge in [-0.3, -0.25) is 4.79 Å². The number of anilines is 2. The van der Waals surface area contributed by atoms with Gasteiger partial charge in [0.15, 0.2) is 6.61 Å². The lowest BCUT2D eigenvalue weighted by molar-refractivity contribution is -0.118. The van der Waals surface area contributed by atoms with E-state index in [4.69, 9.17) is 10.5 Å². The second-order valence-corrected chi connectivity index (χ2v) is 5.16. The maximum atomic E-state index is 11.4. The van der Waals surface area contributed by atoms with E-state index < -0.39 is 0 Å². The Bertz CT molecular complexity index is 734. The van der Waals surface area contributed by atoms with Crippen LogP contribution in [0.3, 0.4) is 0 Å². The Kier molecular flexibility index (Phi) is 3.08. The molecule has 2 aromatic rings. The number of aromatic nitrogens is 2. The second-order valence-electron chi connectivity index (χ2n) is 5.16. The number of nitrogens with zero attached hydrogens (tertiary/aromatic N) is 2. The van der Waals surface area contributed by atoms with Gasteiger partial charge in [-0.15, -0.1) is 0 Å². The normalized spacial score (nSPS) is 13.6. The first kappa shape index (κ1) is 13.5. The van der Waals surface area contributed by atoms with Crippen molar-refractivity contribution >= 4 is 17.3 Å². The molecule has 0 bridgehead atoms. The predicted octanol–water partition coefficient (Wildman–Crippen LogP) is 1.96. The van der Waals surface area contributed by atoms with Gasteiger partial charge < -0.3 is 15.8 Å². The summed E-state index contributed by atoms with van der Waals surface area (Å²) in [5, 5.41) is 7.35. The number of carbonyl (C=O) groups excluding carboxylic acids is 1. The fourth-order valence-electron chi connectivity index (χ4n) is 2.74. The highest BCUT2D eigenvalue weighted by atomic mass is 16.5. The molecular weight excluding hydrogens is 268 g/mol. The van der Waals surface area contributed by atoms with Crippen LogP contribution in [0.5, 0.6) is 5.75 Å². The highest BCUT2D eigenvalue weighted by molar-refractivity contribution is 5.96. The van der Waals surface area contributed by atoms with E-state index in [0.717, 1.165) is 23.5 Å². The number of nitrogens with one attached hydrogen (secondary N) is 1. The minimum absolute atomic E-state index is 0.0195. The molecule has 0 unspecified atom stereocenters. The molecule has 6 heteroatoms. The lowest BCUT2D eigenvalue weighted by atomic mass is 10.1. The molecule has 1 aromatic heterocycles. The summed E-state index contributed by atoms with van der Waals surface area (Å²) in [5.74, 6) is 0.425. The van der Waals surface area contributed by atoms with Crippen LogP contribution in [0, 0.1) is 13.8 Å². The summed E-state index contributed by atoms with van der Waals surface area (Å²) in [7, 11) is 0. The largest absolute Gasteiger partial charge is 0.482 e. The zero-order valence-electron chi connectivity index (χ0n) is 12.4. The molecular formula is C15H18N4O2. The van der Waals surface area contributed by atoms with Crippen molar-refractivity contribution in [3.05, 3.63) is 29.1 Å². The first-order valence-electron chi connectivity index (χ1n) is 6.93. The fourth-order valence-corrected chi connectivity index (χ4v) is 2.74. The van der Waals surface area contributed by atoms with Crippen molar-refractivity contribution in [2.24, 2.45) is 0 Å². The number of aryl methyl sites for hydroxylation is 1. The average molecular weight is 286 g/mol. The number of rotatable bonds is 2. The van der Waals surface area contributed by atoms with E-state index in [0.29, 0.717) is 17.1 Å². The van der Waals surface area contributed by atoms with Crippen molar-refractivity contribution in [1.29, 1.82) is 0 Å². The number of hydrogen-bond donors (Lipinski definition) is 2. The lowest BCUT2D eigenvalue weighted by Crippen LogP contribution is -2.25. The van der Waals surface area contributed by atoms with Crippen LogP contribution in [-0.4, -0.2) is 22.3 Å². The van der Waals surface area contributed by atoms with Gasteiger partial charge in [-0.1, -0.05) is 6.92 Å². The van der Waals surface area contributed by atoms with Crippen LogP contribution in [0.25, 0.3) is 5.69 Å². The van der Waals surface area contributed by atoms with Crippen molar-refractivity contribution in [2.75, 3.05) is 17.7 Å². The second kappa shape index (κ2) is 4.80. The molecule has 3 N–H and O–H groups in total. The van der Waals surface area contributed by atoms with Crippen molar-refractivity contribution in [3.63, 3.8) is 0 Å². The quantitative estimate of drug-likeness (QED) is 0.827. The Morgan fingerprint density at radius 2 is 2.19 bits per heavy atom. The number of carbonyl (C=O) groups is 1. The number of hydrogen-bond acceptors (Lipinski definition) is 4. The topological polar surface area (TPSA) is 82.2 Å². The zero-order valence-corrected chi connectivity index (χ0v) is 12.4. The molecule has 1 aromatic carbocycles. The average Bonchev–Trinajstić information content (AvgIpc) is 2.73. The summed E-state index contributed by atoms with van der Waals surface area (Å²) in [6.07, 6.45) is 0.919. The van der Waals surface area contributed by atoms with Gasteiger partial charge in [-0.2, -0.15) is 5.10 Å². The molecule has 0 fully saturated rings. The zero-order chi connectivity index (χ0) is 15.1. The third-order valence-electron chi connectivity index (χ3n) is 3.78. The van der Waals surface area contributed by atoms with Gasteiger partial charge in [-0.05, 0) is 31.9 Å². The van der Waals surface area contributed by atoms with Crippen molar-refractivity contribution < 1.29 is 9.53 Å². The first-order valence-corrected chi connectivity index (χ1v) is 6.93. The van der Waals surface area contributed by atoms with E-state index >= 15 is 0 Å². The van der Waals surface area contributed by atoms with Crippen LogP contribution in [0.15, 0.2) is 12.1 Å². The van der Waals surface area contributed by atoms with Gasteiger partial charge in [0.1, 0.15) is 5.75 Å². The molecule has 0 spiro atoms. The minimum atomic E-state index is -0.166. The minimum Gasteiger partial charge on any atom is -0.482 e. The Morgan fingerprint density at radius 1 is 1.43 bits per heavy atom. The molecule has 1 aliphatic heterocycles. The van der Waals surface area contributed by atoms with Crippen LogP contribution < -0.4 is 15.8 Å². The van der Waals surface area contributed by atoms with E-state index in [1.807, 2.05) is 18.5 Å². The molecule has 0 saturated carbocycles. The summed E-state index contributed by atoms with van der Waals surface area (Å²) in [5.41, 5.74) is 11.3. The number of benzene rings is 1. The van der Waals surface area contributed by atoms with Crippen LogP contribution in [-0.2, 0) is 11.2 Å². The standard InChI is InChI=1S/C15H18N4O2/c1-4-10-8(2)18-19(9(10)3)13-6-12-14(5-11(13)16)21-7-15(20)17-12/h5-6H,4,7,16H2,1-3H3,(H,17,20). The number of amides is 1. The Balaban J connectivity index is 2.15. The van der Waals surface area contributed by atoms with Gasteiger partial charge in [0, 0.05) is 11.8 Å². The summed E-state index contributed by atoms with van der Waals surface area (Å²) in [6.45, 7) is 6.13. The highest BCUT2D eigenvalue weighted by Crippen LogP contribution is 2.35. The molecule has 1 aliphatic rings. The van der Waals surface area contributed by atoms with Crippen LogP contribution in [0.1, 0.15) is 23.9 Å². The molecule has 2 heterocycles. The number of ether oxygens (including phenoxy) is 1. The smallest absolute Gasteiger partial charge is 0.262 e. The third-order valence-corrected chi connectivity index (χ3v) is 3.78. The van der Waals surface area contributed by atoms with Gasteiger partial charge in [-0.25, -0.2) is 4.68 Å². The van der Waals surface area contributed by atoms with E-state index in [2.05, 4.69) is 17.3 Å². The lowest BCUT2D eigenvalue weighted by Gasteiger charge is -2.20. The highest BCUT2D eigenvalue weighted by Gasteiger charge is 2.20. The van der Waals surface area contributed by atoms with E-state index in [1.54, 1.807) is 12.1 Å². The van der Waals surface area contributed by atoms with E-state index in [9.17, 15) is 4.79 Å². The molecule has 6 nitrogen and oxygen atoms in total. The monoisotopic (exact) mass is 286 g/mol. The van der Waals surface area contributed by atoms with Crippen molar-refractivity contribution in [1.82, 2.24) is 9.78 Å². The molecule has 1 amide bonds. The van der Waals surface area contributed by atoms with Crippen molar-refractivity contribution in [2.45, 2.75) is 27.2 Å². The number of fused-ring (bicyclic) bond motifs is 1. The predicted molar refractivity (Wildman–Crippen MR) is 81.0 cm³/mol. The maximum Gasteiger partial charge on any atom is 0.262 e. The maximum absolute atomic E-state index is 11.4. The van der Waals surface area contributed by atoms with Crippen LogP contribution in [0.4, 0.5) is 11.4 Å². The molecule has 0 aliphatic carbocycles. The van der Waals surface area contributed by atoms with Gasteiger partial charge in [0.05, 0.1) is 22.8 Å². The molecule has 3 rings (SSSR count). The van der Waals surface area contributed by atoms with Gasteiger partial charge >= 0.3 is 0 Å². The molecule has 110 valence electrons.